The number of hydrogen-bond acceptors (Lipinski definition) is 1. The molecule has 1 aromatic rings. The molecule has 0 bridgehead atoms. The number of rotatable bonds is 6. The highest BCUT2D eigenvalue weighted by atomic mass is 15.3. The van der Waals surface area contributed by atoms with Gasteiger partial charge in [0.05, 0.1) is 20.6 Å². The van der Waals surface area contributed by atoms with Gasteiger partial charge in [0.2, 0.25) is 0 Å². The second kappa shape index (κ2) is 5.86. The number of pyridine rings is 1. The summed E-state index contributed by atoms with van der Waals surface area (Å²) in [5, 5.41) is 0. The normalized spacial score (nSPS) is 11.7. The number of hydrogen-bond donors (Lipinski definition) is 0. The summed E-state index contributed by atoms with van der Waals surface area (Å²) in [6.07, 6.45) is 9.08. The van der Waals surface area contributed by atoms with Gasteiger partial charge in [0.15, 0.2) is 0 Å². The maximum Gasteiger partial charge on any atom is 0.135 e. The van der Waals surface area contributed by atoms with Crippen LogP contribution in [0.3, 0.4) is 0 Å². The second-order valence-corrected chi connectivity index (χ2v) is 4.67. The SMILES string of the molecule is CCCCCC[N+](C)(C)c1ccncc1. The van der Waals surface area contributed by atoms with Crippen molar-refractivity contribution < 1.29 is 0 Å². The van der Waals surface area contributed by atoms with Crippen LogP contribution in [0, 0.1) is 0 Å². The Balaban J connectivity index is 2.45. The molecule has 0 unspecified atom stereocenters. The van der Waals surface area contributed by atoms with Gasteiger partial charge in [0, 0.05) is 24.5 Å². The van der Waals surface area contributed by atoms with Crippen LogP contribution in [0.5, 0.6) is 0 Å². The number of aromatic nitrogens is 1. The molecule has 0 aliphatic rings. The molecule has 0 radical (unpaired) electrons. The Hall–Kier alpha value is -0.890. The fraction of sp³-hybridized carbons (Fsp3) is 0.615. The molecule has 0 amide bonds. The van der Waals surface area contributed by atoms with E-state index >= 15 is 0 Å². The van der Waals surface area contributed by atoms with Gasteiger partial charge in [-0.2, -0.15) is 0 Å². The van der Waals surface area contributed by atoms with Gasteiger partial charge < -0.3 is 0 Å². The first kappa shape index (κ1) is 12.2. The van der Waals surface area contributed by atoms with Gasteiger partial charge in [-0.05, 0) is 12.8 Å². The average molecular weight is 207 g/mol. The molecule has 0 saturated carbocycles. The highest BCUT2D eigenvalue weighted by Crippen LogP contribution is 2.18. The van der Waals surface area contributed by atoms with Gasteiger partial charge in [-0.25, -0.2) is 0 Å². The highest BCUT2D eigenvalue weighted by Gasteiger charge is 2.17. The number of unbranched alkanes of at least 4 members (excludes halogenated alkanes) is 3. The molecule has 15 heavy (non-hydrogen) atoms. The maximum absolute atomic E-state index is 4.06. The molecule has 2 heteroatoms. The fourth-order valence-corrected chi connectivity index (χ4v) is 1.81. The topological polar surface area (TPSA) is 12.9 Å². The van der Waals surface area contributed by atoms with Crippen LogP contribution in [-0.4, -0.2) is 25.6 Å². The van der Waals surface area contributed by atoms with Crippen molar-refractivity contribution in [3.8, 4) is 0 Å². The monoisotopic (exact) mass is 207 g/mol. The lowest BCUT2D eigenvalue weighted by Crippen LogP contribution is -2.41. The number of nitrogens with zero attached hydrogens (tertiary/aromatic N) is 2. The summed E-state index contributed by atoms with van der Waals surface area (Å²) < 4.78 is 0.965. The van der Waals surface area contributed by atoms with Gasteiger partial charge in [0.25, 0.3) is 0 Å². The Morgan fingerprint density at radius 1 is 1.07 bits per heavy atom. The third-order valence-corrected chi connectivity index (χ3v) is 2.93. The first-order chi connectivity index (χ1) is 7.17. The molecular weight excluding hydrogens is 184 g/mol. The Morgan fingerprint density at radius 2 is 1.73 bits per heavy atom. The molecular formula is C13H23N2+. The lowest BCUT2D eigenvalue weighted by atomic mass is 10.2. The predicted molar refractivity (Wildman–Crippen MR) is 66.9 cm³/mol. The molecule has 0 aliphatic heterocycles. The summed E-state index contributed by atoms with van der Waals surface area (Å²) in [4.78, 5) is 4.06. The van der Waals surface area contributed by atoms with Gasteiger partial charge in [-0.3, -0.25) is 9.47 Å². The largest absolute Gasteiger partial charge is 0.296 e. The maximum atomic E-state index is 4.06. The van der Waals surface area contributed by atoms with Crippen molar-refractivity contribution in [2.24, 2.45) is 0 Å². The van der Waals surface area contributed by atoms with Crippen LogP contribution in [0.25, 0.3) is 0 Å². The molecule has 84 valence electrons. The van der Waals surface area contributed by atoms with E-state index in [9.17, 15) is 0 Å². The molecule has 0 fully saturated rings. The third-order valence-electron chi connectivity index (χ3n) is 2.93. The van der Waals surface area contributed by atoms with E-state index in [-0.39, 0.29) is 0 Å². The van der Waals surface area contributed by atoms with E-state index in [1.54, 1.807) is 0 Å². The van der Waals surface area contributed by atoms with Gasteiger partial charge in [-0.1, -0.05) is 19.8 Å². The molecule has 0 aliphatic carbocycles. The zero-order valence-corrected chi connectivity index (χ0v) is 10.2. The Bertz CT molecular complexity index is 267. The predicted octanol–water partition coefficient (Wildman–Crippen LogP) is 3.23. The first-order valence-electron chi connectivity index (χ1n) is 5.90. The van der Waals surface area contributed by atoms with Crippen molar-refractivity contribution in [1.82, 2.24) is 9.47 Å². The molecule has 2 nitrogen and oxygen atoms in total. The minimum Gasteiger partial charge on any atom is -0.296 e. The van der Waals surface area contributed by atoms with Crippen molar-refractivity contribution in [2.45, 2.75) is 32.6 Å². The summed E-state index contributed by atoms with van der Waals surface area (Å²) in [5.74, 6) is 0. The highest BCUT2D eigenvalue weighted by molar-refractivity contribution is 5.39. The molecule has 0 atom stereocenters. The molecule has 0 aromatic carbocycles. The average Bonchev–Trinajstić information content (AvgIpc) is 2.26. The van der Waals surface area contributed by atoms with Crippen LogP contribution < -0.4 is 4.48 Å². The van der Waals surface area contributed by atoms with E-state index in [2.05, 4.69) is 38.1 Å². The van der Waals surface area contributed by atoms with Crippen LogP contribution in [0.4, 0.5) is 5.69 Å². The van der Waals surface area contributed by atoms with Gasteiger partial charge >= 0.3 is 0 Å². The fourth-order valence-electron chi connectivity index (χ4n) is 1.81. The minimum absolute atomic E-state index is 0.965. The van der Waals surface area contributed by atoms with Crippen molar-refractivity contribution in [3.63, 3.8) is 0 Å². The standard InChI is InChI=1S/C13H23N2/c1-4-5-6-7-12-15(2,3)13-8-10-14-11-9-13/h8-11H,4-7,12H2,1-3H3/q+1. The first-order valence-corrected chi connectivity index (χ1v) is 5.90. The molecule has 0 N–H and O–H groups in total. The van der Waals surface area contributed by atoms with Gasteiger partial charge in [0.1, 0.15) is 5.69 Å². The quantitative estimate of drug-likeness (QED) is 0.515. The zero-order valence-electron chi connectivity index (χ0n) is 10.2. The Labute approximate surface area is 93.5 Å². The van der Waals surface area contributed by atoms with E-state index in [4.69, 9.17) is 0 Å². The molecule has 0 saturated heterocycles. The third kappa shape index (κ3) is 4.00. The molecule has 1 rings (SSSR count). The van der Waals surface area contributed by atoms with Crippen molar-refractivity contribution in [2.75, 3.05) is 20.6 Å². The van der Waals surface area contributed by atoms with Crippen molar-refractivity contribution in [1.29, 1.82) is 0 Å². The molecule has 0 spiro atoms. The Morgan fingerprint density at radius 3 is 2.33 bits per heavy atom. The van der Waals surface area contributed by atoms with E-state index < -0.39 is 0 Å². The summed E-state index contributed by atoms with van der Waals surface area (Å²) in [6.45, 7) is 3.47. The zero-order chi connectivity index (χ0) is 11.1. The van der Waals surface area contributed by atoms with Crippen LogP contribution in [0.15, 0.2) is 24.5 Å². The number of quaternary nitrogens is 1. The van der Waals surface area contributed by atoms with E-state index in [0.29, 0.717) is 0 Å². The molecule has 1 aromatic heterocycles. The summed E-state index contributed by atoms with van der Waals surface area (Å²) in [6, 6.07) is 4.22. The van der Waals surface area contributed by atoms with Crippen LogP contribution in [0.1, 0.15) is 32.6 Å². The minimum atomic E-state index is 0.965. The second-order valence-electron chi connectivity index (χ2n) is 4.67. The Kier molecular flexibility index (Phi) is 4.76. The van der Waals surface area contributed by atoms with Gasteiger partial charge in [-0.15, -0.1) is 0 Å². The van der Waals surface area contributed by atoms with Crippen LogP contribution in [0.2, 0.25) is 0 Å². The van der Waals surface area contributed by atoms with Crippen molar-refractivity contribution in [3.05, 3.63) is 24.5 Å². The summed E-state index contributed by atoms with van der Waals surface area (Å²) >= 11 is 0. The van der Waals surface area contributed by atoms with Crippen LogP contribution in [-0.2, 0) is 0 Å². The lowest BCUT2D eigenvalue weighted by Gasteiger charge is -2.29. The van der Waals surface area contributed by atoms with E-state index in [1.807, 2.05) is 12.4 Å². The smallest absolute Gasteiger partial charge is 0.135 e. The van der Waals surface area contributed by atoms with Crippen LogP contribution >= 0.6 is 0 Å². The summed E-state index contributed by atoms with van der Waals surface area (Å²) in [7, 11) is 4.53. The lowest BCUT2D eigenvalue weighted by molar-refractivity contribution is 0.382. The molecule has 1 heterocycles. The van der Waals surface area contributed by atoms with E-state index in [1.165, 1.54) is 37.9 Å². The van der Waals surface area contributed by atoms with E-state index in [0.717, 1.165) is 4.48 Å². The summed E-state index contributed by atoms with van der Waals surface area (Å²) in [5.41, 5.74) is 1.35. The van der Waals surface area contributed by atoms with Crippen molar-refractivity contribution >= 4 is 5.69 Å².